The van der Waals surface area contributed by atoms with E-state index in [1.807, 2.05) is 27.7 Å². The molecule has 2 amide bonds. The zero-order valence-electron chi connectivity index (χ0n) is 18.7. The second-order valence-corrected chi connectivity index (χ2v) is 10.4. The quantitative estimate of drug-likeness (QED) is 0.666. The lowest BCUT2D eigenvalue weighted by Gasteiger charge is -2.56. The SMILES string of the molecule is COCC(=O)N[C@H]1CC[C@]2(C)CC[C@@H]([C@H](C)C(=O)NC(C)(C)C)[C@H](O)[C@H]2[C@@H]1C. The van der Waals surface area contributed by atoms with Crippen molar-refractivity contribution in [2.24, 2.45) is 29.1 Å². The van der Waals surface area contributed by atoms with Gasteiger partial charge in [0.1, 0.15) is 6.61 Å². The molecule has 6 nitrogen and oxygen atoms in total. The van der Waals surface area contributed by atoms with Crippen LogP contribution in [-0.4, -0.2) is 48.3 Å². The van der Waals surface area contributed by atoms with Crippen LogP contribution in [0.2, 0.25) is 0 Å². The van der Waals surface area contributed by atoms with Crippen molar-refractivity contribution >= 4 is 11.8 Å². The Morgan fingerprint density at radius 1 is 1.25 bits per heavy atom. The summed E-state index contributed by atoms with van der Waals surface area (Å²) in [6.07, 6.45) is 3.22. The predicted molar refractivity (Wildman–Crippen MR) is 110 cm³/mol. The van der Waals surface area contributed by atoms with Gasteiger partial charge < -0.3 is 20.5 Å². The molecule has 3 N–H and O–H groups in total. The summed E-state index contributed by atoms with van der Waals surface area (Å²) in [5.41, 5.74) is -0.230. The van der Waals surface area contributed by atoms with E-state index in [2.05, 4.69) is 24.5 Å². The zero-order valence-corrected chi connectivity index (χ0v) is 18.7. The first-order valence-corrected chi connectivity index (χ1v) is 10.7. The standard InChI is InChI=1S/C22H40N2O4/c1-13(20(27)24-21(3,4)5)15-8-10-22(6)11-9-16(23-17(25)12-28-7)14(2)18(22)19(15)26/h13-16,18-19,26H,8-12H2,1-7H3,(H,23,25)(H,24,27)/t13-,14+,15-,16-,18+,19-,22-/m0/s1. The molecule has 162 valence electrons. The summed E-state index contributed by atoms with van der Waals surface area (Å²) in [6, 6.07) is 0.0350. The molecule has 0 spiro atoms. The monoisotopic (exact) mass is 396 g/mol. The van der Waals surface area contributed by atoms with Crippen LogP contribution in [0.4, 0.5) is 0 Å². The lowest BCUT2D eigenvalue weighted by molar-refractivity contribution is -0.145. The first-order valence-electron chi connectivity index (χ1n) is 10.7. The molecule has 2 saturated carbocycles. The molecule has 0 aliphatic heterocycles. The largest absolute Gasteiger partial charge is 0.392 e. The van der Waals surface area contributed by atoms with Crippen LogP contribution < -0.4 is 10.6 Å². The van der Waals surface area contributed by atoms with Crippen LogP contribution in [0.15, 0.2) is 0 Å². The molecule has 0 aromatic carbocycles. The van der Waals surface area contributed by atoms with Crippen molar-refractivity contribution in [1.82, 2.24) is 10.6 Å². The molecule has 0 aromatic heterocycles. The summed E-state index contributed by atoms with van der Waals surface area (Å²) in [7, 11) is 1.51. The second kappa shape index (κ2) is 8.70. The predicted octanol–water partition coefficient (Wildman–Crippen LogP) is 2.49. The molecule has 0 bridgehead atoms. The maximum atomic E-state index is 12.7. The van der Waals surface area contributed by atoms with Crippen LogP contribution in [0.5, 0.6) is 0 Å². The molecule has 2 rings (SSSR count). The molecule has 0 saturated heterocycles. The Morgan fingerprint density at radius 3 is 2.43 bits per heavy atom. The number of hydrogen-bond donors (Lipinski definition) is 3. The summed E-state index contributed by atoms with van der Waals surface area (Å²) in [5, 5.41) is 17.5. The zero-order chi connectivity index (χ0) is 21.3. The third-order valence-electron chi connectivity index (χ3n) is 7.06. The average Bonchev–Trinajstić information content (AvgIpc) is 2.56. The van der Waals surface area contributed by atoms with E-state index in [1.54, 1.807) is 0 Å². The Morgan fingerprint density at radius 2 is 1.86 bits per heavy atom. The van der Waals surface area contributed by atoms with Crippen molar-refractivity contribution in [3.05, 3.63) is 0 Å². The summed E-state index contributed by atoms with van der Waals surface area (Å²) in [4.78, 5) is 24.7. The van der Waals surface area contributed by atoms with Crippen molar-refractivity contribution in [2.45, 2.75) is 84.9 Å². The van der Waals surface area contributed by atoms with Gasteiger partial charge in [-0.05, 0) is 69.6 Å². The molecule has 7 atom stereocenters. The minimum atomic E-state index is -0.545. The van der Waals surface area contributed by atoms with Gasteiger partial charge in [-0.1, -0.05) is 20.8 Å². The Kier molecular flexibility index (Phi) is 7.19. The van der Waals surface area contributed by atoms with E-state index in [0.717, 1.165) is 25.7 Å². The van der Waals surface area contributed by atoms with Crippen LogP contribution in [0.25, 0.3) is 0 Å². The first-order chi connectivity index (χ1) is 12.9. The normalized spacial score (nSPS) is 36.9. The number of aliphatic hydroxyl groups is 1. The second-order valence-electron chi connectivity index (χ2n) is 10.4. The number of carbonyl (C=O) groups excluding carboxylic acids is 2. The summed E-state index contributed by atoms with van der Waals surface area (Å²) < 4.78 is 4.94. The number of amides is 2. The van der Waals surface area contributed by atoms with E-state index in [1.165, 1.54) is 7.11 Å². The van der Waals surface area contributed by atoms with E-state index >= 15 is 0 Å². The maximum absolute atomic E-state index is 12.7. The van der Waals surface area contributed by atoms with E-state index in [9.17, 15) is 14.7 Å². The number of nitrogens with one attached hydrogen (secondary N) is 2. The van der Waals surface area contributed by atoms with Crippen LogP contribution in [-0.2, 0) is 14.3 Å². The van der Waals surface area contributed by atoms with Gasteiger partial charge >= 0.3 is 0 Å². The van der Waals surface area contributed by atoms with Gasteiger partial charge in [0.25, 0.3) is 0 Å². The topological polar surface area (TPSA) is 87.7 Å². The Hall–Kier alpha value is -1.14. The van der Waals surface area contributed by atoms with E-state index < -0.39 is 6.10 Å². The number of hydrogen-bond acceptors (Lipinski definition) is 4. The van der Waals surface area contributed by atoms with Gasteiger partial charge in [0.05, 0.1) is 6.10 Å². The fourth-order valence-electron chi connectivity index (χ4n) is 5.55. The fraction of sp³-hybridized carbons (Fsp3) is 0.909. The van der Waals surface area contributed by atoms with Crippen molar-refractivity contribution in [1.29, 1.82) is 0 Å². The molecule has 0 aromatic rings. The molecule has 2 aliphatic rings. The first kappa shape index (κ1) is 23.1. The van der Waals surface area contributed by atoms with Gasteiger partial charge in [0.15, 0.2) is 0 Å². The van der Waals surface area contributed by atoms with Crippen molar-refractivity contribution < 1.29 is 19.4 Å². The minimum absolute atomic E-state index is 0.00793. The Bertz CT molecular complexity index is 573. The van der Waals surface area contributed by atoms with Crippen LogP contribution in [0.1, 0.15) is 67.2 Å². The highest BCUT2D eigenvalue weighted by molar-refractivity contribution is 5.79. The third-order valence-corrected chi connectivity index (χ3v) is 7.06. The number of ether oxygens (including phenoxy) is 1. The van der Waals surface area contributed by atoms with Crippen molar-refractivity contribution in [2.75, 3.05) is 13.7 Å². The minimum Gasteiger partial charge on any atom is -0.392 e. The number of aliphatic hydroxyl groups excluding tert-OH is 1. The summed E-state index contributed by atoms with van der Waals surface area (Å²) in [6.45, 7) is 12.3. The summed E-state index contributed by atoms with van der Waals surface area (Å²) in [5.74, 6) is -0.185. The molecule has 6 heteroatoms. The number of carbonyl (C=O) groups is 2. The Balaban J connectivity index is 2.14. The summed E-state index contributed by atoms with van der Waals surface area (Å²) >= 11 is 0. The molecule has 0 heterocycles. The molecule has 2 aliphatic carbocycles. The number of methoxy groups -OCH3 is 1. The van der Waals surface area contributed by atoms with E-state index in [4.69, 9.17) is 4.74 Å². The van der Waals surface area contributed by atoms with Gasteiger partial charge in [0, 0.05) is 24.6 Å². The fourth-order valence-corrected chi connectivity index (χ4v) is 5.55. The smallest absolute Gasteiger partial charge is 0.246 e. The van der Waals surface area contributed by atoms with Crippen LogP contribution >= 0.6 is 0 Å². The van der Waals surface area contributed by atoms with Gasteiger partial charge in [-0.25, -0.2) is 0 Å². The van der Waals surface area contributed by atoms with Gasteiger partial charge in [-0.3, -0.25) is 9.59 Å². The number of fused-ring (bicyclic) bond motifs is 1. The molecule has 2 fully saturated rings. The van der Waals surface area contributed by atoms with Crippen LogP contribution in [0, 0.1) is 29.1 Å². The highest BCUT2D eigenvalue weighted by Crippen LogP contribution is 2.55. The lowest BCUT2D eigenvalue weighted by atomic mass is 9.51. The van der Waals surface area contributed by atoms with Crippen molar-refractivity contribution in [3.8, 4) is 0 Å². The molecule has 0 radical (unpaired) electrons. The van der Waals surface area contributed by atoms with Gasteiger partial charge in [-0.15, -0.1) is 0 Å². The Labute approximate surface area is 170 Å². The van der Waals surface area contributed by atoms with E-state index in [0.29, 0.717) is 0 Å². The maximum Gasteiger partial charge on any atom is 0.246 e. The number of rotatable bonds is 5. The molecular formula is C22H40N2O4. The van der Waals surface area contributed by atoms with E-state index in [-0.39, 0.29) is 59.1 Å². The third kappa shape index (κ3) is 5.07. The average molecular weight is 397 g/mol. The van der Waals surface area contributed by atoms with Gasteiger partial charge in [-0.2, -0.15) is 0 Å². The highest BCUT2D eigenvalue weighted by Gasteiger charge is 2.53. The van der Waals surface area contributed by atoms with Crippen LogP contribution in [0.3, 0.4) is 0 Å². The lowest BCUT2D eigenvalue weighted by Crippen LogP contribution is -2.59. The highest BCUT2D eigenvalue weighted by atomic mass is 16.5. The molecule has 28 heavy (non-hydrogen) atoms. The molecule has 0 unspecified atom stereocenters. The van der Waals surface area contributed by atoms with Gasteiger partial charge in [0.2, 0.25) is 11.8 Å². The molecular weight excluding hydrogens is 356 g/mol. The van der Waals surface area contributed by atoms with Crippen molar-refractivity contribution in [3.63, 3.8) is 0 Å².